The Balaban J connectivity index is 1.87. The maximum atomic E-state index is 11.0. The average Bonchev–Trinajstić information content (AvgIpc) is 2.42. The summed E-state index contributed by atoms with van der Waals surface area (Å²) in [5.41, 5.74) is 0.0824. The number of aromatic carboxylic acids is 1. The smallest absolute Gasteiger partial charge is 0.337 e. The van der Waals surface area contributed by atoms with E-state index in [1.165, 1.54) is 25.3 Å². The van der Waals surface area contributed by atoms with Crippen molar-refractivity contribution in [2.45, 2.75) is 31.7 Å². The number of carbonyl (C=O) groups is 1. The second kappa shape index (κ2) is 6.95. The molecule has 1 atom stereocenters. The number of hydrogen-bond donors (Lipinski definition) is 1. The van der Waals surface area contributed by atoms with Crippen molar-refractivity contribution in [1.82, 2.24) is 4.90 Å². The van der Waals surface area contributed by atoms with E-state index in [0.717, 1.165) is 13.0 Å². The van der Waals surface area contributed by atoms with Crippen molar-refractivity contribution in [2.75, 3.05) is 20.2 Å². The Morgan fingerprint density at radius 2 is 2.30 bits per heavy atom. The fourth-order valence-corrected chi connectivity index (χ4v) is 2.78. The number of ether oxygens (including phenoxy) is 1. The van der Waals surface area contributed by atoms with Crippen molar-refractivity contribution in [3.8, 4) is 5.75 Å². The highest BCUT2D eigenvalue weighted by Gasteiger charge is 2.18. The summed E-state index contributed by atoms with van der Waals surface area (Å²) >= 11 is 5.82. The molecule has 0 aromatic heterocycles. The SMILES string of the molecule is CN1CCCCC1CCOc1ccc(Cl)c(C(=O)O)c1. The van der Waals surface area contributed by atoms with Gasteiger partial charge in [-0.2, -0.15) is 0 Å². The van der Waals surface area contributed by atoms with Gasteiger partial charge in [-0.15, -0.1) is 0 Å². The molecule has 4 nitrogen and oxygen atoms in total. The van der Waals surface area contributed by atoms with Gasteiger partial charge < -0.3 is 14.7 Å². The third-order valence-electron chi connectivity index (χ3n) is 3.81. The van der Waals surface area contributed by atoms with Crippen LogP contribution in [0.25, 0.3) is 0 Å². The van der Waals surface area contributed by atoms with E-state index in [0.29, 0.717) is 18.4 Å². The molecule has 1 aliphatic rings. The summed E-state index contributed by atoms with van der Waals surface area (Å²) in [6.45, 7) is 1.74. The molecule has 0 bridgehead atoms. The van der Waals surface area contributed by atoms with Gasteiger partial charge in [-0.05, 0) is 51.1 Å². The first kappa shape index (κ1) is 15.1. The van der Waals surface area contributed by atoms with Crippen LogP contribution in [-0.2, 0) is 0 Å². The van der Waals surface area contributed by atoms with Gasteiger partial charge in [0, 0.05) is 6.04 Å². The van der Waals surface area contributed by atoms with Gasteiger partial charge in [-0.25, -0.2) is 4.79 Å². The van der Waals surface area contributed by atoms with Gasteiger partial charge in [-0.1, -0.05) is 18.0 Å². The van der Waals surface area contributed by atoms with Crippen LogP contribution in [0.5, 0.6) is 5.75 Å². The Bertz CT molecular complexity index is 478. The molecule has 1 unspecified atom stereocenters. The highest BCUT2D eigenvalue weighted by atomic mass is 35.5. The van der Waals surface area contributed by atoms with Crippen molar-refractivity contribution in [1.29, 1.82) is 0 Å². The zero-order chi connectivity index (χ0) is 14.5. The first-order valence-electron chi connectivity index (χ1n) is 6.94. The van der Waals surface area contributed by atoms with Gasteiger partial charge in [0.2, 0.25) is 0 Å². The van der Waals surface area contributed by atoms with Crippen LogP contribution in [-0.4, -0.2) is 42.2 Å². The lowest BCUT2D eigenvalue weighted by molar-refractivity contribution is 0.0696. The number of nitrogens with zero attached hydrogens (tertiary/aromatic N) is 1. The Morgan fingerprint density at radius 1 is 1.50 bits per heavy atom. The molecule has 0 spiro atoms. The summed E-state index contributed by atoms with van der Waals surface area (Å²) in [6.07, 6.45) is 4.72. The van der Waals surface area contributed by atoms with Gasteiger partial charge in [0.05, 0.1) is 17.2 Å². The number of likely N-dealkylation sites (tertiary alicyclic amines) is 1. The molecule has 0 aliphatic carbocycles. The van der Waals surface area contributed by atoms with Crippen LogP contribution >= 0.6 is 11.6 Å². The van der Waals surface area contributed by atoms with Crippen LogP contribution in [0, 0.1) is 0 Å². The van der Waals surface area contributed by atoms with Crippen LogP contribution < -0.4 is 4.74 Å². The molecule has 0 radical (unpaired) electrons. The van der Waals surface area contributed by atoms with E-state index in [1.807, 2.05) is 0 Å². The lowest BCUT2D eigenvalue weighted by Gasteiger charge is -2.32. The average molecular weight is 298 g/mol. The van der Waals surface area contributed by atoms with Crippen molar-refractivity contribution >= 4 is 17.6 Å². The van der Waals surface area contributed by atoms with Gasteiger partial charge in [0.15, 0.2) is 0 Å². The molecule has 5 heteroatoms. The Kier molecular flexibility index (Phi) is 5.26. The van der Waals surface area contributed by atoms with Gasteiger partial charge >= 0.3 is 5.97 Å². The quantitative estimate of drug-likeness (QED) is 0.906. The molecule has 0 saturated carbocycles. The van der Waals surface area contributed by atoms with E-state index in [1.54, 1.807) is 12.1 Å². The predicted molar refractivity (Wildman–Crippen MR) is 78.8 cm³/mol. The third-order valence-corrected chi connectivity index (χ3v) is 4.14. The van der Waals surface area contributed by atoms with E-state index in [9.17, 15) is 4.79 Å². The molecule has 1 N–H and O–H groups in total. The minimum absolute atomic E-state index is 0.0824. The predicted octanol–water partition coefficient (Wildman–Crippen LogP) is 3.29. The monoisotopic (exact) mass is 297 g/mol. The normalized spacial score (nSPS) is 19.8. The molecule has 1 fully saturated rings. The summed E-state index contributed by atoms with van der Waals surface area (Å²) in [7, 11) is 2.15. The van der Waals surface area contributed by atoms with E-state index < -0.39 is 5.97 Å². The third kappa shape index (κ3) is 3.87. The van der Waals surface area contributed by atoms with E-state index in [-0.39, 0.29) is 10.6 Å². The first-order valence-corrected chi connectivity index (χ1v) is 7.31. The molecule has 1 aromatic carbocycles. The van der Waals surface area contributed by atoms with Crippen molar-refractivity contribution in [3.63, 3.8) is 0 Å². The number of hydrogen-bond acceptors (Lipinski definition) is 3. The standard InChI is InChI=1S/C15H20ClNO3/c1-17-8-3-2-4-11(17)7-9-20-12-5-6-14(16)13(10-12)15(18)19/h5-6,10-11H,2-4,7-9H2,1H3,(H,18,19). The lowest BCUT2D eigenvalue weighted by Crippen LogP contribution is -2.37. The highest BCUT2D eigenvalue weighted by molar-refractivity contribution is 6.33. The summed E-state index contributed by atoms with van der Waals surface area (Å²) in [5.74, 6) is -0.474. The minimum atomic E-state index is -1.03. The largest absolute Gasteiger partial charge is 0.494 e. The van der Waals surface area contributed by atoms with Crippen LogP contribution in [0.1, 0.15) is 36.0 Å². The second-order valence-corrected chi connectivity index (χ2v) is 5.62. The molecular weight excluding hydrogens is 278 g/mol. The molecule has 0 amide bonds. The van der Waals surface area contributed by atoms with Gasteiger partial charge in [-0.3, -0.25) is 0 Å². The zero-order valence-electron chi connectivity index (χ0n) is 11.6. The van der Waals surface area contributed by atoms with Crippen molar-refractivity contribution in [3.05, 3.63) is 28.8 Å². The van der Waals surface area contributed by atoms with E-state index in [4.69, 9.17) is 21.4 Å². The number of piperidine rings is 1. The first-order chi connectivity index (χ1) is 9.58. The van der Waals surface area contributed by atoms with Crippen molar-refractivity contribution in [2.24, 2.45) is 0 Å². The molecular formula is C15H20ClNO3. The van der Waals surface area contributed by atoms with Gasteiger partial charge in [0.1, 0.15) is 5.75 Å². The Hall–Kier alpha value is -1.26. The molecule has 20 heavy (non-hydrogen) atoms. The van der Waals surface area contributed by atoms with Crippen LogP contribution in [0.15, 0.2) is 18.2 Å². The molecule has 1 aromatic rings. The topological polar surface area (TPSA) is 49.8 Å². The summed E-state index contributed by atoms with van der Waals surface area (Å²) in [6, 6.07) is 5.32. The summed E-state index contributed by atoms with van der Waals surface area (Å²) in [4.78, 5) is 13.4. The lowest BCUT2D eigenvalue weighted by atomic mass is 10.0. The summed E-state index contributed by atoms with van der Waals surface area (Å²) < 4.78 is 5.65. The molecule has 1 aliphatic heterocycles. The van der Waals surface area contributed by atoms with Gasteiger partial charge in [0.25, 0.3) is 0 Å². The number of benzene rings is 1. The number of carboxylic acids is 1. The molecule has 1 heterocycles. The second-order valence-electron chi connectivity index (χ2n) is 5.21. The number of rotatable bonds is 5. The van der Waals surface area contributed by atoms with Crippen LogP contribution in [0.4, 0.5) is 0 Å². The highest BCUT2D eigenvalue weighted by Crippen LogP contribution is 2.23. The number of carboxylic acid groups (broad SMARTS) is 1. The maximum absolute atomic E-state index is 11.0. The zero-order valence-corrected chi connectivity index (χ0v) is 12.4. The number of halogens is 1. The maximum Gasteiger partial charge on any atom is 0.337 e. The molecule has 1 saturated heterocycles. The van der Waals surface area contributed by atoms with Crippen LogP contribution in [0.3, 0.4) is 0 Å². The summed E-state index contributed by atoms with van der Waals surface area (Å²) in [5, 5.41) is 9.24. The van der Waals surface area contributed by atoms with Crippen LogP contribution in [0.2, 0.25) is 5.02 Å². The van der Waals surface area contributed by atoms with E-state index >= 15 is 0 Å². The fraction of sp³-hybridized carbons (Fsp3) is 0.533. The van der Waals surface area contributed by atoms with Crippen molar-refractivity contribution < 1.29 is 14.6 Å². The Morgan fingerprint density at radius 3 is 3.00 bits per heavy atom. The van der Waals surface area contributed by atoms with E-state index in [2.05, 4.69) is 11.9 Å². The molecule has 2 rings (SSSR count). The fourth-order valence-electron chi connectivity index (χ4n) is 2.58. The minimum Gasteiger partial charge on any atom is -0.494 e. The Labute approximate surface area is 124 Å². The molecule has 110 valence electrons.